The van der Waals surface area contributed by atoms with Gasteiger partial charge in [0.2, 0.25) is 0 Å². The standard InChI is InChI=1S/C17H14Cl2FN3/c1-17(2,11-3-5-13(18)14(19)7-11)15-9-21-10-23(15)16-6-4-12(20)8-22-16/h3-10H,1-2H3. The Bertz CT molecular complexity index is 841. The highest BCUT2D eigenvalue weighted by molar-refractivity contribution is 6.42. The Balaban J connectivity index is 2.09. The van der Waals surface area contributed by atoms with E-state index in [0.717, 1.165) is 11.3 Å². The number of pyridine rings is 1. The molecule has 0 saturated carbocycles. The molecule has 23 heavy (non-hydrogen) atoms. The van der Waals surface area contributed by atoms with Crippen molar-refractivity contribution in [1.29, 1.82) is 0 Å². The van der Waals surface area contributed by atoms with Crippen LogP contribution in [0.3, 0.4) is 0 Å². The minimum absolute atomic E-state index is 0.376. The minimum atomic E-state index is -0.388. The second kappa shape index (κ2) is 5.95. The molecule has 1 aromatic carbocycles. The topological polar surface area (TPSA) is 30.7 Å². The third-order valence-corrected chi connectivity index (χ3v) is 4.62. The molecule has 0 atom stereocenters. The third-order valence-electron chi connectivity index (χ3n) is 3.88. The summed E-state index contributed by atoms with van der Waals surface area (Å²) < 4.78 is 14.9. The van der Waals surface area contributed by atoms with E-state index < -0.39 is 0 Å². The molecule has 0 saturated heterocycles. The number of hydrogen-bond acceptors (Lipinski definition) is 2. The van der Waals surface area contributed by atoms with Gasteiger partial charge in [0.05, 0.1) is 21.9 Å². The summed E-state index contributed by atoms with van der Waals surface area (Å²) in [6.07, 6.45) is 4.62. The lowest BCUT2D eigenvalue weighted by molar-refractivity contribution is 0.595. The largest absolute Gasteiger partial charge is 0.287 e. The Labute approximate surface area is 143 Å². The summed E-state index contributed by atoms with van der Waals surface area (Å²) in [6.45, 7) is 4.12. The molecule has 0 aliphatic heterocycles. The first kappa shape index (κ1) is 16.0. The highest BCUT2D eigenvalue weighted by Gasteiger charge is 2.28. The molecule has 3 rings (SSSR count). The van der Waals surface area contributed by atoms with Crippen molar-refractivity contribution in [2.24, 2.45) is 0 Å². The molecule has 0 amide bonds. The van der Waals surface area contributed by atoms with Gasteiger partial charge in [0.25, 0.3) is 0 Å². The van der Waals surface area contributed by atoms with Crippen LogP contribution in [0, 0.1) is 5.82 Å². The van der Waals surface area contributed by atoms with Gasteiger partial charge in [-0.2, -0.15) is 0 Å². The van der Waals surface area contributed by atoms with Crippen LogP contribution >= 0.6 is 23.2 Å². The van der Waals surface area contributed by atoms with E-state index in [0.29, 0.717) is 15.9 Å². The van der Waals surface area contributed by atoms with Crippen molar-refractivity contribution in [1.82, 2.24) is 14.5 Å². The fourth-order valence-electron chi connectivity index (χ4n) is 2.48. The molecule has 0 radical (unpaired) electrons. The summed E-state index contributed by atoms with van der Waals surface area (Å²) in [6, 6.07) is 8.55. The second-order valence-corrected chi connectivity index (χ2v) is 6.55. The molecule has 0 bridgehead atoms. The van der Waals surface area contributed by atoms with Gasteiger partial charge in [-0.3, -0.25) is 4.57 Å². The van der Waals surface area contributed by atoms with E-state index in [9.17, 15) is 4.39 Å². The number of nitrogens with zero attached hydrogens (tertiary/aromatic N) is 3. The van der Waals surface area contributed by atoms with E-state index in [-0.39, 0.29) is 11.2 Å². The van der Waals surface area contributed by atoms with Crippen molar-refractivity contribution in [3.63, 3.8) is 0 Å². The molecule has 0 spiro atoms. The summed E-state index contributed by atoms with van der Waals surface area (Å²) in [4.78, 5) is 8.34. The first-order valence-electron chi connectivity index (χ1n) is 7.00. The maximum absolute atomic E-state index is 13.1. The van der Waals surface area contributed by atoms with Gasteiger partial charge in [-0.15, -0.1) is 0 Å². The Hall–Kier alpha value is -1.91. The van der Waals surface area contributed by atoms with Gasteiger partial charge in [0.1, 0.15) is 18.0 Å². The first-order chi connectivity index (χ1) is 10.9. The van der Waals surface area contributed by atoms with Crippen LogP contribution in [0.25, 0.3) is 5.82 Å². The van der Waals surface area contributed by atoms with Crippen LogP contribution in [-0.4, -0.2) is 14.5 Å². The van der Waals surface area contributed by atoms with Crippen LogP contribution in [0.1, 0.15) is 25.1 Å². The average molecular weight is 350 g/mol. The second-order valence-electron chi connectivity index (χ2n) is 5.74. The van der Waals surface area contributed by atoms with Crippen LogP contribution in [0.4, 0.5) is 4.39 Å². The normalized spacial score (nSPS) is 11.7. The molecular weight excluding hydrogens is 336 g/mol. The van der Waals surface area contributed by atoms with Gasteiger partial charge in [0, 0.05) is 11.6 Å². The van der Waals surface area contributed by atoms with Crippen LogP contribution in [0.2, 0.25) is 10.0 Å². The summed E-state index contributed by atoms with van der Waals surface area (Å²) in [5.74, 6) is 0.228. The van der Waals surface area contributed by atoms with Gasteiger partial charge in [-0.1, -0.05) is 43.1 Å². The van der Waals surface area contributed by atoms with E-state index in [1.807, 2.05) is 16.7 Å². The smallest absolute Gasteiger partial charge is 0.141 e. The van der Waals surface area contributed by atoms with Crippen LogP contribution in [0.5, 0.6) is 0 Å². The monoisotopic (exact) mass is 349 g/mol. The van der Waals surface area contributed by atoms with Crippen LogP contribution < -0.4 is 0 Å². The third kappa shape index (κ3) is 2.96. The highest BCUT2D eigenvalue weighted by atomic mass is 35.5. The molecule has 0 N–H and O–H groups in total. The van der Waals surface area contributed by atoms with E-state index in [2.05, 4.69) is 23.8 Å². The summed E-state index contributed by atoms with van der Waals surface area (Å²) in [7, 11) is 0. The molecule has 3 aromatic rings. The molecule has 0 unspecified atom stereocenters. The van der Waals surface area contributed by atoms with E-state index in [1.165, 1.54) is 12.3 Å². The summed E-state index contributed by atoms with van der Waals surface area (Å²) >= 11 is 12.1. The fourth-order valence-corrected chi connectivity index (χ4v) is 2.78. The number of rotatable bonds is 3. The molecule has 118 valence electrons. The van der Waals surface area contributed by atoms with Gasteiger partial charge in [-0.25, -0.2) is 14.4 Å². The number of hydrogen-bond donors (Lipinski definition) is 0. The predicted octanol–water partition coefficient (Wildman–Crippen LogP) is 5.04. The molecule has 6 heteroatoms. The zero-order valence-electron chi connectivity index (χ0n) is 12.6. The summed E-state index contributed by atoms with van der Waals surface area (Å²) in [5, 5.41) is 1.02. The maximum Gasteiger partial charge on any atom is 0.141 e. The van der Waals surface area contributed by atoms with Gasteiger partial charge < -0.3 is 0 Å². The Kier molecular flexibility index (Phi) is 4.13. The zero-order valence-corrected chi connectivity index (χ0v) is 14.1. The Morgan fingerprint density at radius 2 is 1.83 bits per heavy atom. The van der Waals surface area contributed by atoms with Crippen molar-refractivity contribution in [2.45, 2.75) is 19.3 Å². The molecule has 0 fully saturated rings. The van der Waals surface area contributed by atoms with Crippen molar-refractivity contribution in [3.05, 3.63) is 76.2 Å². The first-order valence-corrected chi connectivity index (χ1v) is 7.75. The van der Waals surface area contributed by atoms with E-state index in [1.54, 1.807) is 24.7 Å². The molecule has 2 heterocycles. The van der Waals surface area contributed by atoms with Crippen LogP contribution in [-0.2, 0) is 5.41 Å². The lowest BCUT2D eigenvalue weighted by atomic mass is 9.81. The van der Waals surface area contributed by atoms with Gasteiger partial charge in [0.15, 0.2) is 0 Å². The lowest BCUT2D eigenvalue weighted by Crippen LogP contribution is -2.23. The summed E-state index contributed by atoms with van der Waals surface area (Å²) in [5.41, 5.74) is 1.52. The van der Waals surface area contributed by atoms with E-state index >= 15 is 0 Å². The molecule has 2 aromatic heterocycles. The van der Waals surface area contributed by atoms with Crippen molar-refractivity contribution >= 4 is 23.2 Å². The fraction of sp³-hybridized carbons (Fsp3) is 0.176. The average Bonchev–Trinajstić information content (AvgIpc) is 3.01. The van der Waals surface area contributed by atoms with Gasteiger partial charge >= 0.3 is 0 Å². The molecule has 3 nitrogen and oxygen atoms in total. The highest BCUT2D eigenvalue weighted by Crippen LogP contribution is 2.35. The minimum Gasteiger partial charge on any atom is -0.287 e. The SMILES string of the molecule is CC(C)(c1ccc(Cl)c(Cl)c1)c1cncn1-c1ccc(F)cn1. The van der Waals surface area contributed by atoms with Crippen molar-refractivity contribution < 1.29 is 4.39 Å². The quantitative estimate of drug-likeness (QED) is 0.663. The molecule has 0 aliphatic carbocycles. The Morgan fingerprint density at radius 3 is 2.48 bits per heavy atom. The number of halogens is 3. The Morgan fingerprint density at radius 1 is 1.04 bits per heavy atom. The zero-order chi connectivity index (χ0) is 16.6. The lowest BCUT2D eigenvalue weighted by Gasteiger charge is -2.26. The van der Waals surface area contributed by atoms with Crippen molar-refractivity contribution in [3.8, 4) is 5.82 Å². The van der Waals surface area contributed by atoms with E-state index in [4.69, 9.17) is 23.2 Å². The molecular formula is C17H14Cl2FN3. The number of benzene rings is 1. The number of imidazole rings is 1. The molecule has 0 aliphatic rings. The van der Waals surface area contributed by atoms with Crippen LogP contribution in [0.15, 0.2) is 49.1 Å². The van der Waals surface area contributed by atoms with Gasteiger partial charge in [-0.05, 0) is 29.8 Å². The number of aromatic nitrogens is 3. The predicted molar refractivity (Wildman–Crippen MR) is 89.9 cm³/mol. The maximum atomic E-state index is 13.1. The van der Waals surface area contributed by atoms with Crippen molar-refractivity contribution in [2.75, 3.05) is 0 Å².